The molecule has 0 radical (unpaired) electrons. The second-order valence-electron chi connectivity index (χ2n) is 7.55. The first-order valence-corrected chi connectivity index (χ1v) is 9.39. The van der Waals surface area contributed by atoms with Crippen LogP contribution >= 0.6 is 0 Å². The zero-order valence-electron chi connectivity index (χ0n) is 15.1. The van der Waals surface area contributed by atoms with Gasteiger partial charge in [0.25, 0.3) is 0 Å². The van der Waals surface area contributed by atoms with Gasteiger partial charge in [0.15, 0.2) is 5.82 Å². The average Bonchev–Trinajstić information content (AvgIpc) is 3.01. The van der Waals surface area contributed by atoms with Crippen LogP contribution in [0.1, 0.15) is 60.5 Å². The summed E-state index contributed by atoms with van der Waals surface area (Å²) in [6.07, 6.45) is 4.45. The summed E-state index contributed by atoms with van der Waals surface area (Å²) < 4.78 is 11.0. The molecule has 1 aliphatic heterocycles. The van der Waals surface area contributed by atoms with E-state index in [0.717, 1.165) is 31.9 Å². The Morgan fingerprint density at radius 2 is 1.96 bits per heavy atom. The van der Waals surface area contributed by atoms with Crippen molar-refractivity contribution in [1.29, 1.82) is 0 Å². The summed E-state index contributed by atoms with van der Waals surface area (Å²) in [6.45, 7) is 5.70. The van der Waals surface area contributed by atoms with Crippen molar-refractivity contribution < 1.29 is 9.26 Å². The molecule has 25 heavy (non-hydrogen) atoms. The van der Waals surface area contributed by atoms with E-state index in [1.165, 1.54) is 24.0 Å². The lowest BCUT2D eigenvalue weighted by atomic mass is 9.75. The molecule has 5 heteroatoms. The Balaban J connectivity index is 1.41. The summed E-state index contributed by atoms with van der Waals surface area (Å²) in [4.78, 5) is 4.51. The van der Waals surface area contributed by atoms with E-state index >= 15 is 0 Å². The third-order valence-corrected chi connectivity index (χ3v) is 5.61. The van der Waals surface area contributed by atoms with Gasteiger partial charge in [-0.25, -0.2) is 0 Å². The van der Waals surface area contributed by atoms with Crippen LogP contribution in [0.2, 0.25) is 0 Å². The zero-order chi connectivity index (χ0) is 17.2. The standard InChI is InChI=1S/C20H27N3O2/c1-13-4-3-5-16(10-13)17-11-18(12-17)22-19(15-6-8-24-9-7-15)20-21-14(2)23-25-20/h3-5,10,15,17-19,22H,6-9,11-12H2,1-2H3. The summed E-state index contributed by atoms with van der Waals surface area (Å²) in [6, 6.07) is 9.57. The molecule has 0 bridgehead atoms. The SMILES string of the molecule is Cc1cccc(C2CC(NC(c3nc(C)no3)C3CCOCC3)C2)c1. The Morgan fingerprint density at radius 3 is 2.64 bits per heavy atom. The fraction of sp³-hybridized carbons (Fsp3) is 0.600. The van der Waals surface area contributed by atoms with Gasteiger partial charge in [-0.2, -0.15) is 4.98 Å². The monoisotopic (exact) mass is 341 g/mol. The van der Waals surface area contributed by atoms with Crippen LogP contribution in [0.5, 0.6) is 0 Å². The summed E-state index contributed by atoms with van der Waals surface area (Å²) in [7, 11) is 0. The van der Waals surface area contributed by atoms with Crippen molar-refractivity contribution in [2.24, 2.45) is 5.92 Å². The van der Waals surface area contributed by atoms with Crippen LogP contribution in [0.4, 0.5) is 0 Å². The van der Waals surface area contributed by atoms with E-state index in [-0.39, 0.29) is 6.04 Å². The largest absolute Gasteiger partial charge is 0.381 e. The summed E-state index contributed by atoms with van der Waals surface area (Å²) in [5.74, 6) is 2.62. The molecule has 1 aromatic heterocycles. The molecule has 4 rings (SSSR count). The minimum absolute atomic E-state index is 0.147. The highest BCUT2D eigenvalue weighted by atomic mass is 16.5. The molecule has 1 saturated heterocycles. The number of hydrogen-bond donors (Lipinski definition) is 1. The fourth-order valence-corrected chi connectivity index (χ4v) is 4.10. The van der Waals surface area contributed by atoms with Gasteiger partial charge < -0.3 is 14.6 Å². The number of ether oxygens (including phenoxy) is 1. The van der Waals surface area contributed by atoms with Crippen molar-refractivity contribution in [1.82, 2.24) is 15.5 Å². The second-order valence-corrected chi connectivity index (χ2v) is 7.55. The van der Waals surface area contributed by atoms with E-state index in [0.29, 0.717) is 23.7 Å². The van der Waals surface area contributed by atoms with E-state index in [4.69, 9.17) is 9.26 Å². The Morgan fingerprint density at radius 1 is 1.16 bits per heavy atom. The van der Waals surface area contributed by atoms with Gasteiger partial charge in [-0.15, -0.1) is 0 Å². The first kappa shape index (κ1) is 16.7. The average molecular weight is 341 g/mol. The molecule has 1 aliphatic carbocycles. The Hall–Kier alpha value is -1.72. The number of aromatic nitrogens is 2. The molecule has 5 nitrogen and oxygen atoms in total. The highest BCUT2D eigenvalue weighted by Crippen LogP contribution is 2.40. The third kappa shape index (κ3) is 3.77. The minimum Gasteiger partial charge on any atom is -0.381 e. The van der Waals surface area contributed by atoms with E-state index in [9.17, 15) is 0 Å². The van der Waals surface area contributed by atoms with Crippen molar-refractivity contribution in [3.63, 3.8) is 0 Å². The number of aryl methyl sites for hydroxylation is 2. The van der Waals surface area contributed by atoms with Gasteiger partial charge in [-0.1, -0.05) is 35.0 Å². The highest BCUT2D eigenvalue weighted by molar-refractivity contribution is 5.27. The number of nitrogens with one attached hydrogen (secondary N) is 1. The Bertz CT molecular complexity index is 702. The number of hydrogen-bond acceptors (Lipinski definition) is 5. The molecule has 2 aromatic rings. The predicted molar refractivity (Wildman–Crippen MR) is 95.4 cm³/mol. The molecule has 2 heterocycles. The number of benzene rings is 1. The fourth-order valence-electron chi connectivity index (χ4n) is 4.10. The first-order chi connectivity index (χ1) is 12.2. The second kappa shape index (κ2) is 7.26. The molecule has 2 fully saturated rings. The molecule has 1 atom stereocenters. The molecule has 1 aromatic carbocycles. The molecular formula is C20H27N3O2. The quantitative estimate of drug-likeness (QED) is 0.899. The van der Waals surface area contributed by atoms with Gasteiger partial charge in [-0.3, -0.25) is 0 Å². The van der Waals surface area contributed by atoms with Crippen LogP contribution in [-0.2, 0) is 4.74 Å². The summed E-state index contributed by atoms with van der Waals surface area (Å²) in [5, 5.41) is 7.81. The maximum atomic E-state index is 5.53. The third-order valence-electron chi connectivity index (χ3n) is 5.61. The molecule has 0 spiro atoms. The van der Waals surface area contributed by atoms with Crippen LogP contribution in [0.3, 0.4) is 0 Å². The van der Waals surface area contributed by atoms with E-state index in [2.05, 4.69) is 46.6 Å². The van der Waals surface area contributed by atoms with Gasteiger partial charge in [0.2, 0.25) is 5.89 Å². The van der Waals surface area contributed by atoms with Crippen LogP contribution in [0.15, 0.2) is 28.8 Å². The van der Waals surface area contributed by atoms with Gasteiger partial charge in [0, 0.05) is 19.3 Å². The summed E-state index contributed by atoms with van der Waals surface area (Å²) >= 11 is 0. The van der Waals surface area contributed by atoms with E-state index in [1.54, 1.807) is 0 Å². The number of nitrogens with zero attached hydrogens (tertiary/aromatic N) is 2. The lowest BCUT2D eigenvalue weighted by Gasteiger charge is -2.40. The lowest BCUT2D eigenvalue weighted by molar-refractivity contribution is 0.0436. The Kier molecular flexibility index (Phi) is 4.86. The van der Waals surface area contributed by atoms with Crippen molar-refractivity contribution >= 4 is 0 Å². The van der Waals surface area contributed by atoms with Crippen molar-refractivity contribution in [2.45, 2.75) is 57.5 Å². The van der Waals surface area contributed by atoms with Gasteiger partial charge in [0.1, 0.15) is 0 Å². The smallest absolute Gasteiger partial charge is 0.244 e. The maximum Gasteiger partial charge on any atom is 0.244 e. The van der Waals surface area contributed by atoms with Gasteiger partial charge in [-0.05, 0) is 56.9 Å². The molecule has 1 saturated carbocycles. The normalized spacial score (nSPS) is 25.5. The maximum absolute atomic E-state index is 5.53. The highest BCUT2D eigenvalue weighted by Gasteiger charge is 2.36. The Labute approximate surface area is 149 Å². The topological polar surface area (TPSA) is 60.2 Å². The van der Waals surface area contributed by atoms with Crippen molar-refractivity contribution in [3.05, 3.63) is 47.1 Å². The molecular weight excluding hydrogens is 314 g/mol. The molecule has 1 unspecified atom stereocenters. The van der Waals surface area contributed by atoms with Crippen molar-refractivity contribution in [3.8, 4) is 0 Å². The number of rotatable bonds is 5. The van der Waals surface area contributed by atoms with Gasteiger partial charge >= 0.3 is 0 Å². The molecule has 0 amide bonds. The van der Waals surface area contributed by atoms with Crippen LogP contribution in [0.25, 0.3) is 0 Å². The summed E-state index contributed by atoms with van der Waals surface area (Å²) in [5.41, 5.74) is 2.81. The lowest BCUT2D eigenvalue weighted by Crippen LogP contribution is -2.45. The van der Waals surface area contributed by atoms with Gasteiger partial charge in [0.05, 0.1) is 6.04 Å². The van der Waals surface area contributed by atoms with Crippen molar-refractivity contribution in [2.75, 3.05) is 13.2 Å². The molecule has 2 aliphatic rings. The van der Waals surface area contributed by atoms with E-state index in [1.807, 2.05) is 6.92 Å². The van der Waals surface area contributed by atoms with Crippen LogP contribution < -0.4 is 5.32 Å². The minimum atomic E-state index is 0.147. The van der Waals surface area contributed by atoms with Crippen LogP contribution in [-0.4, -0.2) is 29.4 Å². The zero-order valence-corrected chi connectivity index (χ0v) is 15.1. The van der Waals surface area contributed by atoms with E-state index < -0.39 is 0 Å². The molecule has 1 N–H and O–H groups in total. The molecule has 134 valence electrons. The first-order valence-electron chi connectivity index (χ1n) is 9.39. The predicted octanol–water partition coefficient (Wildman–Crippen LogP) is 3.69. The van der Waals surface area contributed by atoms with Crippen LogP contribution in [0, 0.1) is 19.8 Å².